The van der Waals surface area contributed by atoms with Crippen LogP contribution in [0.15, 0.2) is 42.5 Å². The molecule has 1 saturated heterocycles. The Hall–Kier alpha value is -2.54. The Morgan fingerprint density at radius 1 is 1.17 bits per heavy atom. The summed E-state index contributed by atoms with van der Waals surface area (Å²) in [4.78, 5) is 13.6. The fourth-order valence-electron chi connectivity index (χ4n) is 4.15. The van der Waals surface area contributed by atoms with Crippen LogP contribution >= 0.6 is 0 Å². The van der Waals surface area contributed by atoms with Gasteiger partial charge in [-0.15, -0.1) is 0 Å². The molecule has 2 aliphatic rings. The van der Waals surface area contributed by atoms with Crippen molar-refractivity contribution >= 4 is 12.0 Å². The molecule has 0 amide bonds. The molecule has 0 spiro atoms. The van der Waals surface area contributed by atoms with E-state index in [1.54, 1.807) is 19.1 Å². The third kappa shape index (κ3) is 4.46. The molecule has 0 aliphatic carbocycles. The summed E-state index contributed by atoms with van der Waals surface area (Å²) in [7, 11) is 0. The number of halogens is 3. The number of fused-ring (bicyclic) bond motifs is 1. The SMILES string of the molecule is CC1(C=O)CNc2cc(CN3CCC(c4ccc(C(F)(F)F)cc4)CC3)ccc2O1. The summed E-state index contributed by atoms with van der Waals surface area (Å²) in [6, 6.07) is 11.6. The molecule has 4 rings (SSSR count). The average Bonchev–Trinajstić information content (AvgIpc) is 2.74. The Bertz CT molecular complexity index is 906. The summed E-state index contributed by atoms with van der Waals surface area (Å²) < 4.78 is 44.0. The van der Waals surface area contributed by atoms with Crippen molar-refractivity contribution in [3.8, 4) is 5.75 Å². The first kappa shape index (κ1) is 20.7. The Labute approximate surface area is 174 Å². The van der Waals surface area contributed by atoms with E-state index in [0.29, 0.717) is 18.2 Å². The molecule has 4 nitrogen and oxygen atoms in total. The average molecular weight is 418 g/mol. The molecule has 2 aromatic carbocycles. The summed E-state index contributed by atoms with van der Waals surface area (Å²) in [6.45, 7) is 4.79. The van der Waals surface area contributed by atoms with Crippen LogP contribution < -0.4 is 10.1 Å². The Morgan fingerprint density at radius 3 is 2.50 bits per heavy atom. The first-order valence-electron chi connectivity index (χ1n) is 10.2. The molecular weight excluding hydrogens is 393 g/mol. The number of likely N-dealkylation sites (tertiary alicyclic amines) is 1. The van der Waals surface area contributed by atoms with Crippen LogP contribution in [0.2, 0.25) is 0 Å². The van der Waals surface area contributed by atoms with Crippen molar-refractivity contribution in [1.29, 1.82) is 0 Å². The molecular formula is C23H25F3N2O2. The van der Waals surface area contributed by atoms with Gasteiger partial charge in [-0.2, -0.15) is 13.2 Å². The van der Waals surface area contributed by atoms with E-state index in [1.165, 1.54) is 12.1 Å². The maximum Gasteiger partial charge on any atom is 0.416 e. The minimum absolute atomic E-state index is 0.295. The minimum atomic E-state index is -4.29. The second kappa shape index (κ2) is 7.95. The molecule has 1 fully saturated rings. The first-order valence-corrected chi connectivity index (χ1v) is 10.2. The highest BCUT2D eigenvalue weighted by atomic mass is 19.4. The molecule has 0 radical (unpaired) electrons. The van der Waals surface area contributed by atoms with Gasteiger partial charge in [0, 0.05) is 6.54 Å². The molecule has 1 N–H and O–H groups in total. The quantitative estimate of drug-likeness (QED) is 0.721. The maximum atomic E-state index is 12.7. The Balaban J connectivity index is 1.34. The number of aldehydes is 1. The van der Waals surface area contributed by atoms with Crippen LogP contribution in [0.25, 0.3) is 0 Å². The summed E-state index contributed by atoms with van der Waals surface area (Å²) in [5.74, 6) is 0.976. The van der Waals surface area contributed by atoms with Gasteiger partial charge in [0.2, 0.25) is 0 Å². The molecule has 2 heterocycles. The van der Waals surface area contributed by atoms with E-state index in [1.807, 2.05) is 12.1 Å². The number of ether oxygens (including phenoxy) is 1. The van der Waals surface area contributed by atoms with Crippen molar-refractivity contribution in [3.05, 3.63) is 59.2 Å². The summed E-state index contributed by atoms with van der Waals surface area (Å²) in [5, 5.41) is 3.27. The predicted molar refractivity (Wildman–Crippen MR) is 109 cm³/mol. The highest BCUT2D eigenvalue weighted by Crippen LogP contribution is 2.35. The lowest BCUT2D eigenvalue weighted by atomic mass is 9.89. The van der Waals surface area contributed by atoms with Crippen LogP contribution in [0, 0.1) is 0 Å². The van der Waals surface area contributed by atoms with E-state index < -0.39 is 17.3 Å². The van der Waals surface area contributed by atoms with Crippen LogP contribution in [-0.4, -0.2) is 36.4 Å². The number of alkyl halides is 3. The third-order valence-corrected chi connectivity index (χ3v) is 5.97. The van der Waals surface area contributed by atoms with Gasteiger partial charge < -0.3 is 10.1 Å². The van der Waals surface area contributed by atoms with Crippen molar-refractivity contribution in [2.45, 2.75) is 44.0 Å². The summed E-state index contributed by atoms with van der Waals surface area (Å²) in [5.41, 5.74) is 1.60. The number of nitrogens with zero attached hydrogens (tertiary/aromatic N) is 1. The lowest BCUT2D eigenvalue weighted by Gasteiger charge is -2.34. The van der Waals surface area contributed by atoms with Crippen molar-refractivity contribution in [1.82, 2.24) is 4.90 Å². The molecule has 2 aromatic rings. The van der Waals surface area contributed by atoms with Gasteiger partial charge in [0.25, 0.3) is 0 Å². The van der Waals surface area contributed by atoms with Crippen molar-refractivity contribution < 1.29 is 22.7 Å². The first-order chi connectivity index (χ1) is 14.3. The number of rotatable bonds is 4. The van der Waals surface area contributed by atoms with E-state index in [-0.39, 0.29) is 0 Å². The van der Waals surface area contributed by atoms with Crippen LogP contribution in [0.1, 0.15) is 42.4 Å². The van der Waals surface area contributed by atoms with Gasteiger partial charge in [0.15, 0.2) is 11.9 Å². The number of carbonyl (C=O) groups is 1. The van der Waals surface area contributed by atoms with E-state index in [2.05, 4.69) is 16.3 Å². The number of anilines is 1. The molecule has 0 saturated carbocycles. The molecule has 160 valence electrons. The molecule has 1 unspecified atom stereocenters. The van der Waals surface area contributed by atoms with Crippen molar-refractivity contribution in [2.24, 2.45) is 0 Å². The third-order valence-electron chi connectivity index (χ3n) is 5.97. The molecule has 2 aliphatic heterocycles. The van der Waals surface area contributed by atoms with Crippen LogP contribution in [0.4, 0.5) is 18.9 Å². The van der Waals surface area contributed by atoms with Gasteiger partial charge in [0.05, 0.1) is 17.8 Å². The van der Waals surface area contributed by atoms with Gasteiger partial charge in [-0.05, 0) is 74.2 Å². The van der Waals surface area contributed by atoms with Gasteiger partial charge >= 0.3 is 6.18 Å². The number of nitrogens with one attached hydrogen (secondary N) is 1. The number of piperidine rings is 1. The van der Waals surface area contributed by atoms with Gasteiger partial charge in [-0.25, -0.2) is 0 Å². The summed E-state index contributed by atoms with van der Waals surface area (Å²) in [6.07, 6.45) is -1.62. The van der Waals surface area contributed by atoms with Crippen molar-refractivity contribution in [3.63, 3.8) is 0 Å². The fraction of sp³-hybridized carbons (Fsp3) is 0.435. The minimum Gasteiger partial charge on any atom is -0.476 e. The zero-order valence-corrected chi connectivity index (χ0v) is 16.8. The summed E-state index contributed by atoms with van der Waals surface area (Å²) >= 11 is 0. The highest BCUT2D eigenvalue weighted by molar-refractivity contribution is 5.69. The topological polar surface area (TPSA) is 41.6 Å². The molecule has 30 heavy (non-hydrogen) atoms. The largest absolute Gasteiger partial charge is 0.476 e. The molecule has 0 aromatic heterocycles. The monoisotopic (exact) mass is 418 g/mol. The highest BCUT2D eigenvalue weighted by Gasteiger charge is 2.32. The molecule has 0 bridgehead atoms. The van der Waals surface area contributed by atoms with Crippen LogP contribution in [-0.2, 0) is 17.5 Å². The smallest absolute Gasteiger partial charge is 0.416 e. The molecule has 7 heteroatoms. The number of benzene rings is 2. The molecule has 1 atom stereocenters. The van der Waals surface area contributed by atoms with E-state index in [9.17, 15) is 18.0 Å². The number of hydrogen-bond donors (Lipinski definition) is 1. The Kier molecular flexibility index (Phi) is 5.49. The van der Waals surface area contributed by atoms with Crippen LogP contribution in [0.3, 0.4) is 0 Å². The second-order valence-corrected chi connectivity index (χ2v) is 8.39. The lowest BCUT2D eigenvalue weighted by Crippen LogP contribution is -2.44. The normalized spacial score (nSPS) is 22.7. The van der Waals surface area contributed by atoms with Gasteiger partial charge in [-0.3, -0.25) is 9.69 Å². The van der Waals surface area contributed by atoms with E-state index in [0.717, 1.165) is 55.6 Å². The second-order valence-electron chi connectivity index (χ2n) is 8.39. The number of carbonyl (C=O) groups excluding carboxylic acids is 1. The van der Waals surface area contributed by atoms with Gasteiger partial charge in [0.1, 0.15) is 5.75 Å². The number of hydrogen-bond acceptors (Lipinski definition) is 4. The zero-order valence-electron chi connectivity index (χ0n) is 16.8. The maximum absolute atomic E-state index is 12.7. The van der Waals surface area contributed by atoms with Gasteiger partial charge in [-0.1, -0.05) is 18.2 Å². The van der Waals surface area contributed by atoms with Crippen molar-refractivity contribution in [2.75, 3.05) is 25.0 Å². The fourth-order valence-corrected chi connectivity index (χ4v) is 4.15. The lowest BCUT2D eigenvalue weighted by molar-refractivity contribution is -0.137. The van der Waals surface area contributed by atoms with E-state index in [4.69, 9.17) is 4.74 Å². The Morgan fingerprint density at radius 2 is 1.87 bits per heavy atom. The van der Waals surface area contributed by atoms with Crippen LogP contribution in [0.5, 0.6) is 5.75 Å². The standard InChI is InChI=1S/C23H25F3N2O2/c1-22(15-29)14-27-20-12-16(2-7-21(20)30-22)13-28-10-8-18(9-11-28)17-3-5-19(6-4-17)23(24,25)26/h2-7,12,15,18,27H,8-11,13-14H2,1H3. The predicted octanol–water partition coefficient (Wildman–Crippen LogP) is 4.85. The zero-order chi connectivity index (χ0) is 21.4. The van der Waals surface area contributed by atoms with E-state index >= 15 is 0 Å².